The summed E-state index contributed by atoms with van der Waals surface area (Å²) in [6, 6.07) is 1.03. The molecule has 1 fully saturated rings. The van der Waals surface area contributed by atoms with Crippen LogP contribution in [0.5, 0.6) is 12.0 Å². The summed E-state index contributed by atoms with van der Waals surface area (Å²) in [5.74, 6) is 0.485. The Labute approximate surface area is 107 Å². The van der Waals surface area contributed by atoms with Crippen molar-refractivity contribution in [3.8, 4) is 12.0 Å². The zero-order valence-corrected chi connectivity index (χ0v) is 11.0. The summed E-state index contributed by atoms with van der Waals surface area (Å²) in [6.45, 7) is 1.96. The predicted molar refractivity (Wildman–Crippen MR) is 67.1 cm³/mol. The second kappa shape index (κ2) is 5.81. The molecule has 1 unspecified atom stereocenters. The molecular formula is C11H19N5O2. The fraction of sp³-hybridized carbons (Fsp3) is 0.727. The van der Waals surface area contributed by atoms with Crippen LogP contribution in [0.15, 0.2) is 0 Å². The summed E-state index contributed by atoms with van der Waals surface area (Å²) < 4.78 is 10.00. The molecule has 1 aromatic heterocycles. The molecule has 1 aromatic rings. The van der Waals surface area contributed by atoms with E-state index in [0.29, 0.717) is 12.0 Å². The molecule has 7 heteroatoms. The van der Waals surface area contributed by atoms with Gasteiger partial charge in [0.2, 0.25) is 5.95 Å². The maximum Gasteiger partial charge on any atom is 0.324 e. The largest absolute Gasteiger partial charge is 0.467 e. The number of anilines is 1. The van der Waals surface area contributed by atoms with E-state index in [1.165, 1.54) is 27.1 Å². The van der Waals surface area contributed by atoms with Gasteiger partial charge >= 0.3 is 12.0 Å². The van der Waals surface area contributed by atoms with Gasteiger partial charge in [0.15, 0.2) is 0 Å². The lowest BCUT2D eigenvalue weighted by Gasteiger charge is -2.19. The standard InChI is InChI=1S/C11H19N5O2/c1-16-6-4-5-8(16)7-12-9-13-10(17-2)15-11(14-9)18-3/h8H,4-7H2,1-3H3,(H,12,13,14,15). The Kier molecular flexibility index (Phi) is 4.14. The minimum absolute atomic E-state index is 0.254. The Hall–Kier alpha value is -1.63. The van der Waals surface area contributed by atoms with E-state index >= 15 is 0 Å². The number of rotatable bonds is 5. The third-order valence-corrected chi connectivity index (χ3v) is 3.13. The van der Waals surface area contributed by atoms with Crippen molar-refractivity contribution in [2.45, 2.75) is 18.9 Å². The van der Waals surface area contributed by atoms with Crippen molar-refractivity contribution < 1.29 is 9.47 Å². The second-order valence-corrected chi connectivity index (χ2v) is 4.29. The molecule has 2 rings (SSSR count). The molecule has 1 N–H and O–H groups in total. The Morgan fingerprint density at radius 2 is 1.89 bits per heavy atom. The van der Waals surface area contributed by atoms with Crippen LogP contribution in [0.1, 0.15) is 12.8 Å². The fourth-order valence-electron chi connectivity index (χ4n) is 2.05. The number of likely N-dealkylation sites (tertiary alicyclic amines) is 1. The van der Waals surface area contributed by atoms with Gasteiger partial charge in [0.25, 0.3) is 0 Å². The predicted octanol–water partition coefficient (Wildman–Crippen LogP) is 0.395. The van der Waals surface area contributed by atoms with Gasteiger partial charge in [-0.1, -0.05) is 0 Å². The van der Waals surface area contributed by atoms with E-state index < -0.39 is 0 Å². The number of likely N-dealkylation sites (N-methyl/N-ethyl adjacent to an activating group) is 1. The van der Waals surface area contributed by atoms with Crippen molar-refractivity contribution in [2.24, 2.45) is 0 Å². The molecule has 0 aliphatic carbocycles. The van der Waals surface area contributed by atoms with Crippen molar-refractivity contribution in [3.63, 3.8) is 0 Å². The van der Waals surface area contributed by atoms with E-state index in [0.717, 1.165) is 13.1 Å². The molecule has 0 saturated carbocycles. The van der Waals surface area contributed by atoms with E-state index in [-0.39, 0.29) is 12.0 Å². The average molecular weight is 253 g/mol. The van der Waals surface area contributed by atoms with Gasteiger partial charge in [-0.25, -0.2) is 0 Å². The van der Waals surface area contributed by atoms with Crippen molar-refractivity contribution in [2.75, 3.05) is 39.7 Å². The van der Waals surface area contributed by atoms with Crippen molar-refractivity contribution >= 4 is 5.95 Å². The van der Waals surface area contributed by atoms with Crippen LogP contribution in [0.4, 0.5) is 5.95 Å². The van der Waals surface area contributed by atoms with Crippen LogP contribution in [0.25, 0.3) is 0 Å². The van der Waals surface area contributed by atoms with Crippen LogP contribution in [0.2, 0.25) is 0 Å². The highest BCUT2D eigenvalue weighted by atomic mass is 16.5. The lowest BCUT2D eigenvalue weighted by Crippen LogP contribution is -2.32. The Balaban J connectivity index is 1.99. The van der Waals surface area contributed by atoms with Gasteiger partial charge in [0.1, 0.15) is 0 Å². The molecule has 18 heavy (non-hydrogen) atoms. The average Bonchev–Trinajstić information content (AvgIpc) is 2.81. The van der Waals surface area contributed by atoms with Gasteiger partial charge in [0.05, 0.1) is 14.2 Å². The van der Waals surface area contributed by atoms with Crippen LogP contribution in [-0.2, 0) is 0 Å². The molecule has 0 radical (unpaired) electrons. The maximum atomic E-state index is 5.00. The number of methoxy groups -OCH3 is 2. The van der Waals surface area contributed by atoms with Crippen molar-refractivity contribution in [3.05, 3.63) is 0 Å². The molecule has 100 valence electrons. The molecule has 0 bridgehead atoms. The first-order chi connectivity index (χ1) is 8.72. The Bertz CT molecular complexity index is 379. The van der Waals surface area contributed by atoms with Gasteiger partial charge < -0.3 is 19.7 Å². The number of hydrogen-bond donors (Lipinski definition) is 1. The molecule has 1 atom stereocenters. The van der Waals surface area contributed by atoms with Crippen LogP contribution in [0.3, 0.4) is 0 Å². The number of aromatic nitrogens is 3. The molecule has 0 amide bonds. The lowest BCUT2D eigenvalue weighted by atomic mass is 10.2. The normalized spacial score (nSPS) is 19.8. The molecule has 1 aliphatic heterocycles. The topological polar surface area (TPSA) is 72.4 Å². The van der Waals surface area contributed by atoms with Crippen LogP contribution in [0, 0.1) is 0 Å². The minimum Gasteiger partial charge on any atom is -0.467 e. The summed E-state index contributed by atoms with van der Waals surface area (Å²) in [5, 5.41) is 3.20. The minimum atomic E-state index is 0.254. The van der Waals surface area contributed by atoms with Crippen LogP contribution < -0.4 is 14.8 Å². The molecule has 1 aliphatic rings. The molecule has 7 nitrogen and oxygen atoms in total. The first kappa shape index (κ1) is 12.8. The molecule has 0 spiro atoms. The summed E-state index contributed by atoms with van der Waals surface area (Å²) in [5.41, 5.74) is 0. The van der Waals surface area contributed by atoms with Gasteiger partial charge in [-0.05, 0) is 26.4 Å². The first-order valence-corrected chi connectivity index (χ1v) is 6.01. The molecule has 2 heterocycles. The van der Waals surface area contributed by atoms with Gasteiger partial charge in [-0.15, -0.1) is 4.98 Å². The van der Waals surface area contributed by atoms with Crippen molar-refractivity contribution in [1.82, 2.24) is 19.9 Å². The lowest BCUT2D eigenvalue weighted by molar-refractivity contribution is 0.320. The Morgan fingerprint density at radius 1 is 1.22 bits per heavy atom. The highest BCUT2D eigenvalue weighted by Gasteiger charge is 2.20. The van der Waals surface area contributed by atoms with E-state index in [1.54, 1.807) is 0 Å². The van der Waals surface area contributed by atoms with E-state index in [4.69, 9.17) is 9.47 Å². The van der Waals surface area contributed by atoms with E-state index in [1.807, 2.05) is 0 Å². The quantitative estimate of drug-likeness (QED) is 0.814. The number of ether oxygens (including phenoxy) is 2. The van der Waals surface area contributed by atoms with Gasteiger partial charge in [-0.3, -0.25) is 0 Å². The van der Waals surface area contributed by atoms with E-state index in [9.17, 15) is 0 Å². The number of hydrogen-bond acceptors (Lipinski definition) is 7. The van der Waals surface area contributed by atoms with Gasteiger partial charge in [0, 0.05) is 12.6 Å². The second-order valence-electron chi connectivity index (χ2n) is 4.29. The Morgan fingerprint density at radius 3 is 2.39 bits per heavy atom. The summed E-state index contributed by atoms with van der Waals surface area (Å²) in [6.07, 6.45) is 2.44. The fourth-order valence-corrected chi connectivity index (χ4v) is 2.05. The third kappa shape index (κ3) is 2.98. The monoisotopic (exact) mass is 253 g/mol. The third-order valence-electron chi connectivity index (χ3n) is 3.13. The van der Waals surface area contributed by atoms with Crippen LogP contribution >= 0.6 is 0 Å². The molecule has 0 aromatic carbocycles. The molecule has 1 saturated heterocycles. The van der Waals surface area contributed by atoms with Crippen molar-refractivity contribution in [1.29, 1.82) is 0 Å². The van der Waals surface area contributed by atoms with E-state index in [2.05, 4.69) is 32.2 Å². The molecular weight excluding hydrogens is 234 g/mol. The zero-order chi connectivity index (χ0) is 13.0. The summed E-state index contributed by atoms with van der Waals surface area (Å²) >= 11 is 0. The van der Waals surface area contributed by atoms with Gasteiger partial charge in [-0.2, -0.15) is 9.97 Å². The smallest absolute Gasteiger partial charge is 0.324 e. The summed E-state index contributed by atoms with van der Waals surface area (Å²) in [4.78, 5) is 14.5. The highest BCUT2D eigenvalue weighted by molar-refractivity contribution is 5.27. The summed E-state index contributed by atoms with van der Waals surface area (Å²) in [7, 11) is 5.17. The zero-order valence-electron chi connectivity index (χ0n) is 11.0. The SMILES string of the molecule is COc1nc(NCC2CCCN2C)nc(OC)n1. The first-order valence-electron chi connectivity index (χ1n) is 6.01. The maximum absolute atomic E-state index is 5.00. The number of nitrogens with zero attached hydrogens (tertiary/aromatic N) is 4. The van der Waals surface area contributed by atoms with Crippen LogP contribution in [-0.4, -0.2) is 60.3 Å². The highest BCUT2D eigenvalue weighted by Crippen LogP contribution is 2.16. The number of nitrogens with one attached hydrogen (secondary N) is 1.